The number of nitriles is 1. The number of rotatable bonds is 4. The molecule has 0 saturated carbocycles. The quantitative estimate of drug-likeness (QED) is 0.402. The maximum absolute atomic E-state index is 13.5. The van der Waals surface area contributed by atoms with Gasteiger partial charge in [0.2, 0.25) is 0 Å². The van der Waals surface area contributed by atoms with Crippen LogP contribution in [0.1, 0.15) is 5.56 Å². The summed E-state index contributed by atoms with van der Waals surface area (Å²) < 4.78 is 26.3. The Labute approximate surface area is 134 Å². The number of nitrogens with zero attached hydrogens (tertiary/aromatic N) is 2. The Morgan fingerprint density at radius 2 is 2.00 bits per heavy atom. The lowest BCUT2D eigenvalue weighted by molar-refractivity contribution is -0.384. The summed E-state index contributed by atoms with van der Waals surface area (Å²) >= 11 is 0. The number of benzene rings is 2. The lowest BCUT2D eigenvalue weighted by Crippen LogP contribution is -2.14. The molecule has 8 heteroatoms. The fourth-order valence-corrected chi connectivity index (χ4v) is 1.82. The minimum absolute atomic E-state index is 0.203. The van der Waals surface area contributed by atoms with E-state index >= 15 is 0 Å². The molecule has 6 nitrogen and oxygen atoms in total. The Balaban J connectivity index is 2.27. The maximum atomic E-state index is 13.5. The second-order valence-electron chi connectivity index (χ2n) is 4.60. The van der Waals surface area contributed by atoms with Crippen LogP contribution in [0.3, 0.4) is 0 Å². The first-order valence-corrected chi connectivity index (χ1v) is 6.53. The van der Waals surface area contributed by atoms with Crippen LogP contribution in [-0.4, -0.2) is 10.8 Å². The topological polar surface area (TPSA) is 96.0 Å². The predicted molar refractivity (Wildman–Crippen MR) is 81.7 cm³/mol. The molecule has 24 heavy (non-hydrogen) atoms. The molecule has 0 saturated heterocycles. The molecule has 2 rings (SSSR count). The fraction of sp³-hybridized carbons (Fsp3) is 0. The number of hydrogen-bond donors (Lipinski definition) is 1. The highest BCUT2D eigenvalue weighted by Gasteiger charge is 2.13. The Bertz CT molecular complexity index is 888. The van der Waals surface area contributed by atoms with Gasteiger partial charge in [0.25, 0.3) is 11.6 Å². The zero-order chi connectivity index (χ0) is 17.7. The van der Waals surface area contributed by atoms with E-state index in [0.29, 0.717) is 6.07 Å². The number of nitrogens with one attached hydrogen (secondary N) is 1. The van der Waals surface area contributed by atoms with Crippen molar-refractivity contribution in [2.75, 3.05) is 5.32 Å². The van der Waals surface area contributed by atoms with Crippen molar-refractivity contribution < 1.29 is 18.5 Å². The van der Waals surface area contributed by atoms with Crippen molar-refractivity contribution in [3.63, 3.8) is 0 Å². The molecule has 1 amide bonds. The van der Waals surface area contributed by atoms with Gasteiger partial charge in [0.05, 0.1) is 10.6 Å². The molecule has 0 fully saturated rings. The standard InChI is InChI=1S/C16H9F2N3O3/c17-12-4-5-15(14(18)8-12)20-16(22)11(9-19)6-10-2-1-3-13(7-10)21(23)24/h1-8H,(H,20,22)/b11-6+. The first-order chi connectivity index (χ1) is 11.4. The molecule has 0 spiro atoms. The predicted octanol–water partition coefficient (Wildman–Crippen LogP) is 3.42. The van der Waals surface area contributed by atoms with Crippen LogP contribution in [0.25, 0.3) is 6.08 Å². The van der Waals surface area contributed by atoms with Gasteiger partial charge in [-0.25, -0.2) is 8.78 Å². The molecule has 120 valence electrons. The van der Waals surface area contributed by atoms with Gasteiger partial charge in [-0.15, -0.1) is 0 Å². The molecule has 2 aromatic carbocycles. The Hall–Kier alpha value is -3.60. The molecule has 0 unspecified atom stereocenters. The summed E-state index contributed by atoms with van der Waals surface area (Å²) in [5.41, 5.74) is -0.623. The normalized spacial score (nSPS) is 10.8. The van der Waals surface area contributed by atoms with Gasteiger partial charge in [-0.3, -0.25) is 14.9 Å². The van der Waals surface area contributed by atoms with Gasteiger partial charge in [0.15, 0.2) is 0 Å². The van der Waals surface area contributed by atoms with Crippen LogP contribution in [-0.2, 0) is 4.79 Å². The number of nitro groups is 1. The smallest absolute Gasteiger partial charge is 0.270 e. The lowest BCUT2D eigenvalue weighted by Gasteiger charge is -2.05. The molecule has 1 N–H and O–H groups in total. The second kappa shape index (κ2) is 7.11. The van der Waals surface area contributed by atoms with E-state index in [2.05, 4.69) is 5.32 Å². The SMILES string of the molecule is N#C/C(=C\c1cccc([N+](=O)[O-])c1)C(=O)Nc1ccc(F)cc1F. The van der Waals surface area contributed by atoms with Gasteiger partial charge < -0.3 is 5.32 Å². The molecule has 0 radical (unpaired) electrons. The lowest BCUT2D eigenvalue weighted by atomic mass is 10.1. The van der Waals surface area contributed by atoms with E-state index in [1.807, 2.05) is 0 Å². The molecule has 0 aliphatic rings. The molecular weight excluding hydrogens is 320 g/mol. The largest absolute Gasteiger partial charge is 0.319 e. The molecular formula is C16H9F2N3O3. The average Bonchev–Trinajstić information content (AvgIpc) is 2.55. The van der Waals surface area contributed by atoms with Crippen molar-refractivity contribution in [2.45, 2.75) is 0 Å². The number of carbonyl (C=O) groups excluding carboxylic acids is 1. The van der Waals surface area contributed by atoms with Crippen molar-refractivity contribution in [3.8, 4) is 6.07 Å². The molecule has 0 aliphatic heterocycles. The molecule has 0 aromatic heterocycles. The minimum atomic E-state index is -0.990. The van der Waals surface area contributed by atoms with Gasteiger partial charge in [0.1, 0.15) is 23.3 Å². The van der Waals surface area contributed by atoms with Crippen molar-refractivity contribution in [1.82, 2.24) is 0 Å². The zero-order valence-electron chi connectivity index (χ0n) is 12.0. The number of carbonyl (C=O) groups is 1. The highest BCUT2D eigenvalue weighted by Crippen LogP contribution is 2.18. The first kappa shape index (κ1) is 16.8. The summed E-state index contributed by atoms with van der Waals surface area (Å²) in [6.07, 6.45) is 1.13. The summed E-state index contributed by atoms with van der Waals surface area (Å²) in [5, 5.41) is 21.9. The summed E-state index contributed by atoms with van der Waals surface area (Å²) in [6.45, 7) is 0. The zero-order valence-corrected chi connectivity index (χ0v) is 12.0. The van der Waals surface area contributed by atoms with E-state index in [0.717, 1.165) is 18.2 Å². The number of hydrogen-bond acceptors (Lipinski definition) is 4. The molecule has 0 aliphatic carbocycles. The van der Waals surface area contributed by atoms with Gasteiger partial charge in [-0.2, -0.15) is 5.26 Å². The number of anilines is 1. The van der Waals surface area contributed by atoms with Gasteiger partial charge in [0, 0.05) is 18.2 Å². The first-order valence-electron chi connectivity index (χ1n) is 6.53. The third kappa shape index (κ3) is 3.98. The van der Waals surface area contributed by atoms with Crippen LogP contribution < -0.4 is 5.32 Å². The van der Waals surface area contributed by atoms with Gasteiger partial charge in [-0.05, 0) is 23.8 Å². The van der Waals surface area contributed by atoms with Crippen LogP contribution in [0.15, 0.2) is 48.0 Å². The van der Waals surface area contributed by atoms with E-state index in [1.54, 1.807) is 6.07 Å². The third-order valence-electron chi connectivity index (χ3n) is 2.94. The Morgan fingerprint density at radius 3 is 2.62 bits per heavy atom. The van der Waals surface area contributed by atoms with Gasteiger partial charge >= 0.3 is 0 Å². The van der Waals surface area contributed by atoms with Crippen LogP contribution in [0.2, 0.25) is 0 Å². The van der Waals surface area contributed by atoms with E-state index in [9.17, 15) is 23.7 Å². The van der Waals surface area contributed by atoms with Crippen LogP contribution in [0.4, 0.5) is 20.2 Å². The van der Waals surface area contributed by atoms with E-state index in [-0.39, 0.29) is 22.5 Å². The molecule has 2 aromatic rings. The molecule has 0 bridgehead atoms. The van der Waals surface area contributed by atoms with Crippen molar-refractivity contribution in [1.29, 1.82) is 5.26 Å². The molecule has 0 heterocycles. The Morgan fingerprint density at radius 1 is 1.25 bits per heavy atom. The highest BCUT2D eigenvalue weighted by molar-refractivity contribution is 6.09. The minimum Gasteiger partial charge on any atom is -0.319 e. The van der Waals surface area contributed by atoms with E-state index < -0.39 is 22.5 Å². The monoisotopic (exact) mass is 329 g/mol. The summed E-state index contributed by atoms with van der Waals surface area (Å²) in [5.74, 6) is -2.72. The number of amides is 1. The highest BCUT2D eigenvalue weighted by atomic mass is 19.1. The van der Waals surface area contributed by atoms with Crippen LogP contribution >= 0.6 is 0 Å². The van der Waals surface area contributed by atoms with Crippen molar-refractivity contribution in [3.05, 3.63) is 75.3 Å². The summed E-state index contributed by atoms with van der Waals surface area (Å²) in [4.78, 5) is 22.1. The van der Waals surface area contributed by atoms with E-state index in [1.165, 1.54) is 24.3 Å². The molecule has 0 atom stereocenters. The van der Waals surface area contributed by atoms with E-state index in [4.69, 9.17) is 5.26 Å². The summed E-state index contributed by atoms with van der Waals surface area (Å²) in [7, 11) is 0. The fourth-order valence-electron chi connectivity index (χ4n) is 1.82. The van der Waals surface area contributed by atoms with Crippen LogP contribution in [0, 0.1) is 33.1 Å². The third-order valence-corrected chi connectivity index (χ3v) is 2.94. The van der Waals surface area contributed by atoms with Crippen molar-refractivity contribution in [2.24, 2.45) is 0 Å². The average molecular weight is 329 g/mol. The van der Waals surface area contributed by atoms with Crippen LogP contribution in [0.5, 0.6) is 0 Å². The van der Waals surface area contributed by atoms with Crippen molar-refractivity contribution >= 4 is 23.4 Å². The number of nitro benzene ring substituents is 1. The second-order valence-corrected chi connectivity index (χ2v) is 4.60. The summed E-state index contributed by atoms with van der Waals surface area (Å²) in [6, 6.07) is 9.51. The number of halogens is 2. The number of non-ortho nitro benzene ring substituents is 1. The maximum Gasteiger partial charge on any atom is 0.270 e. The van der Waals surface area contributed by atoms with Gasteiger partial charge in [-0.1, -0.05) is 12.1 Å². The Kier molecular flexibility index (Phi) is 4.96.